The van der Waals surface area contributed by atoms with Crippen molar-refractivity contribution >= 4 is 22.0 Å². The summed E-state index contributed by atoms with van der Waals surface area (Å²) >= 11 is 0. The van der Waals surface area contributed by atoms with Crippen LogP contribution >= 0.6 is 0 Å². The van der Waals surface area contributed by atoms with Crippen molar-refractivity contribution in [3.05, 3.63) is 89.1 Å². The van der Waals surface area contributed by atoms with Crippen LogP contribution in [0.2, 0.25) is 0 Å². The number of allylic oxidation sites excluding steroid dienone is 4. The van der Waals surface area contributed by atoms with Gasteiger partial charge in [0.2, 0.25) is 0 Å². The smallest absolute Gasteiger partial charge is 0.0702 e. The lowest BCUT2D eigenvalue weighted by Crippen LogP contribution is -1.99. The van der Waals surface area contributed by atoms with Crippen LogP contribution in [0.3, 0.4) is 0 Å². The Morgan fingerprint density at radius 2 is 1.67 bits per heavy atom. The molecular weight excluding hydrogens is 290 g/mol. The minimum absolute atomic E-state index is 1.05. The maximum atomic E-state index is 4.43. The van der Waals surface area contributed by atoms with Crippen molar-refractivity contribution in [2.24, 2.45) is 0 Å². The third-order valence-corrected chi connectivity index (χ3v) is 4.91. The van der Waals surface area contributed by atoms with E-state index in [1.807, 2.05) is 12.3 Å². The quantitative estimate of drug-likeness (QED) is 0.549. The number of aromatic nitrogens is 1. The molecule has 4 rings (SSSR count). The summed E-state index contributed by atoms with van der Waals surface area (Å²) < 4.78 is 0. The molecule has 1 aliphatic rings. The van der Waals surface area contributed by atoms with E-state index in [1.54, 1.807) is 0 Å². The van der Waals surface area contributed by atoms with Gasteiger partial charge in [0.25, 0.3) is 0 Å². The molecule has 3 aromatic rings. The Morgan fingerprint density at radius 3 is 2.50 bits per heavy atom. The molecule has 1 aromatic heterocycles. The second-order valence-corrected chi connectivity index (χ2v) is 6.54. The Bertz CT molecular complexity index is 959. The monoisotopic (exact) mass is 311 g/mol. The van der Waals surface area contributed by atoms with E-state index in [4.69, 9.17) is 0 Å². The van der Waals surface area contributed by atoms with Crippen molar-refractivity contribution in [3.8, 4) is 0 Å². The van der Waals surface area contributed by atoms with E-state index in [1.165, 1.54) is 38.8 Å². The lowest BCUT2D eigenvalue weighted by atomic mass is 9.84. The Balaban J connectivity index is 1.79. The molecule has 0 radical (unpaired) electrons. The maximum Gasteiger partial charge on any atom is 0.0702 e. The van der Waals surface area contributed by atoms with Crippen LogP contribution in [-0.4, -0.2) is 4.98 Å². The molecule has 0 aliphatic heterocycles. The molecule has 0 saturated carbocycles. The molecule has 118 valence electrons. The fraction of sp³-hybridized carbons (Fsp3) is 0.174. The lowest BCUT2D eigenvalue weighted by molar-refractivity contribution is 1.04. The summed E-state index contributed by atoms with van der Waals surface area (Å²) in [4.78, 5) is 4.43. The summed E-state index contributed by atoms with van der Waals surface area (Å²) in [7, 11) is 0. The molecule has 1 heteroatoms. The summed E-state index contributed by atoms with van der Waals surface area (Å²) in [5, 5.41) is 1.20. The van der Waals surface area contributed by atoms with Crippen LogP contribution in [0.4, 0.5) is 0 Å². The minimum atomic E-state index is 1.05. The molecule has 1 heterocycles. The van der Waals surface area contributed by atoms with Crippen molar-refractivity contribution in [2.75, 3.05) is 0 Å². The summed E-state index contributed by atoms with van der Waals surface area (Å²) in [6.45, 7) is 4.40. The van der Waals surface area contributed by atoms with E-state index in [2.05, 4.69) is 73.4 Å². The zero-order valence-electron chi connectivity index (χ0n) is 14.2. The van der Waals surface area contributed by atoms with Gasteiger partial charge >= 0.3 is 0 Å². The molecule has 0 saturated heterocycles. The molecule has 0 N–H and O–H groups in total. The number of fused-ring (bicyclic) bond motifs is 1. The fourth-order valence-electron chi connectivity index (χ4n) is 3.56. The average molecular weight is 311 g/mol. The zero-order chi connectivity index (χ0) is 16.5. The van der Waals surface area contributed by atoms with Crippen molar-refractivity contribution in [3.63, 3.8) is 0 Å². The van der Waals surface area contributed by atoms with Crippen LogP contribution in [0.5, 0.6) is 0 Å². The van der Waals surface area contributed by atoms with E-state index in [0.29, 0.717) is 0 Å². The van der Waals surface area contributed by atoms with Gasteiger partial charge in [-0.15, -0.1) is 0 Å². The van der Waals surface area contributed by atoms with Crippen LogP contribution in [0.15, 0.2) is 72.4 Å². The predicted octanol–water partition coefficient (Wildman–Crippen LogP) is 6.19. The summed E-state index contributed by atoms with van der Waals surface area (Å²) in [5.41, 5.74) is 9.24. The molecule has 0 amide bonds. The molecule has 0 unspecified atom stereocenters. The van der Waals surface area contributed by atoms with Gasteiger partial charge in [-0.1, -0.05) is 48.0 Å². The van der Waals surface area contributed by atoms with Crippen LogP contribution in [0, 0.1) is 6.92 Å². The number of pyridine rings is 1. The van der Waals surface area contributed by atoms with Gasteiger partial charge in [-0.2, -0.15) is 0 Å². The third-order valence-electron chi connectivity index (χ3n) is 4.91. The average Bonchev–Trinajstić information content (AvgIpc) is 2.62. The fourth-order valence-corrected chi connectivity index (χ4v) is 3.56. The first-order valence-electron chi connectivity index (χ1n) is 8.55. The van der Waals surface area contributed by atoms with Gasteiger partial charge in [-0.25, -0.2) is 0 Å². The van der Waals surface area contributed by atoms with E-state index >= 15 is 0 Å². The van der Waals surface area contributed by atoms with Gasteiger partial charge in [-0.3, -0.25) is 4.98 Å². The van der Waals surface area contributed by atoms with Crippen molar-refractivity contribution in [1.82, 2.24) is 4.98 Å². The summed E-state index contributed by atoms with van der Waals surface area (Å²) in [6, 6.07) is 19.6. The molecule has 2 aromatic carbocycles. The maximum absolute atomic E-state index is 4.43. The van der Waals surface area contributed by atoms with E-state index in [0.717, 1.165) is 18.4 Å². The predicted molar refractivity (Wildman–Crippen MR) is 103 cm³/mol. The second-order valence-electron chi connectivity index (χ2n) is 6.54. The van der Waals surface area contributed by atoms with Crippen molar-refractivity contribution in [2.45, 2.75) is 26.7 Å². The zero-order valence-corrected chi connectivity index (χ0v) is 14.2. The summed E-state index contributed by atoms with van der Waals surface area (Å²) in [5.74, 6) is 0. The van der Waals surface area contributed by atoms with Gasteiger partial charge in [0, 0.05) is 11.6 Å². The largest absolute Gasteiger partial charge is 0.256 e. The van der Waals surface area contributed by atoms with Crippen molar-refractivity contribution < 1.29 is 0 Å². The van der Waals surface area contributed by atoms with E-state index in [9.17, 15) is 0 Å². The highest BCUT2D eigenvalue weighted by Crippen LogP contribution is 2.37. The SMILES string of the molecule is CC1=C(c2ccc(C)cc2)CCC=C1c1ccc2ncccc2c1. The Labute approximate surface area is 143 Å². The Kier molecular flexibility index (Phi) is 3.78. The lowest BCUT2D eigenvalue weighted by Gasteiger charge is -2.21. The first-order chi connectivity index (χ1) is 11.7. The number of aryl methyl sites for hydroxylation is 1. The standard InChI is InChI=1S/C23H21N/c1-16-8-10-18(11-9-16)21-6-3-7-22(17(21)2)19-12-13-23-20(15-19)5-4-14-24-23/h4-5,7-15H,3,6H2,1-2H3. The van der Waals surface area contributed by atoms with Crippen LogP contribution < -0.4 is 0 Å². The number of hydrogen-bond acceptors (Lipinski definition) is 1. The molecule has 0 fully saturated rings. The van der Waals surface area contributed by atoms with Gasteiger partial charge < -0.3 is 0 Å². The van der Waals surface area contributed by atoms with Crippen LogP contribution in [0.25, 0.3) is 22.0 Å². The topological polar surface area (TPSA) is 12.9 Å². The van der Waals surface area contributed by atoms with Gasteiger partial charge in [0.15, 0.2) is 0 Å². The highest BCUT2D eigenvalue weighted by Gasteiger charge is 2.15. The minimum Gasteiger partial charge on any atom is -0.256 e. The molecule has 1 nitrogen and oxygen atoms in total. The number of nitrogens with zero attached hydrogens (tertiary/aromatic N) is 1. The normalized spacial score (nSPS) is 14.8. The van der Waals surface area contributed by atoms with Crippen LogP contribution in [0.1, 0.15) is 36.5 Å². The third kappa shape index (κ3) is 2.67. The molecule has 0 spiro atoms. The molecule has 0 bridgehead atoms. The second kappa shape index (κ2) is 6.09. The number of rotatable bonds is 2. The highest BCUT2D eigenvalue weighted by molar-refractivity contribution is 5.93. The molecule has 0 atom stereocenters. The number of hydrogen-bond donors (Lipinski definition) is 0. The van der Waals surface area contributed by atoms with Crippen LogP contribution in [-0.2, 0) is 0 Å². The van der Waals surface area contributed by atoms with Gasteiger partial charge in [0.1, 0.15) is 0 Å². The highest BCUT2D eigenvalue weighted by atomic mass is 14.6. The Morgan fingerprint density at radius 1 is 0.875 bits per heavy atom. The molecule has 1 aliphatic carbocycles. The molecular formula is C23H21N. The molecule has 24 heavy (non-hydrogen) atoms. The first-order valence-corrected chi connectivity index (χ1v) is 8.55. The summed E-state index contributed by atoms with van der Waals surface area (Å²) in [6.07, 6.45) is 6.45. The first kappa shape index (κ1) is 14.9. The van der Waals surface area contributed by atoms with Crippen molar-refractivity contribution in [1.29, 1.82) is 0 Å². The number of benzene rings is 2. The van der Waals surface area contributed by atoms with E-state index in [-0.39, 0.29) is 0 Å². The Hall–Kier alpha value is -2.67. The van der Waals surface area contributed by atoms with Gasteiger partial charge in [0.05, 0.1) is 5.52 Å². The van der Waals surface area contributed by atoms with Gasteiger partial charge in [-0.05, 0) is 72.7 Å². The van der Waals surface area contributed by atoms with E-state index < -0.39 is 0 Å².